The van der Waals surface area contributed by atoms with E-state index in [9.17, 15) is 18.3 Å². The van der Waals surface area contributed by atoms with Gasteiger partial charge in [-0.3, -0.25) is 0 Å². The molecule has 6 nitrogen and oxygen atoms in total. The van der Waals surface area contributed by atoms with E-state index in [1.165, 1.54) is 12.1 Å². The molecule has 2 aromatic rings. The summed E-state index contributed by atoms with van der Waals surface area (Å²) in [5.74, 6) is -1.15. The van der Waals surface area contributed by atoms with Crippen molar-refractivity contribution in [2.45, 2.75) is 30.7 Å². The van der Waals surface area contributed by atoms with Crippen molar-refractivity contribution in [3.63, 3.8) is 0 Å². The van der Waals surface area contributed by atoms with Crippen molar-refractivity contribution >= 4 is 21.7 Å². The number of nitrogens with one attached hydrogen (secondary N) is 1. The van der Waals surface area contributed by atoms with Crippen LogP contribution >= 0.6 is 0 Å². The van der Waals surface area contributed by atoms with Gasteiger partial charge >= 0.3 is 5.97 Å². The van der Waals surface area contributed by atoms with Crippen LogP contribution in [0.25, 0.3) is 0 Å². The van der Waals surface area contributed by atoms with Crippen molar-refractivity contribution in [3.05, 3.63) is 59.7 Å². The summed E-state index contributed by atoms with van der Waals surface area (Å²) in [6.45, 7) is 3.30. The van der Waals surface area contributed by atoms with E-state index < -0.39 is 22.0 Å². The number of sulfonamides is 1. The van der Waals surface area contributed by atoms with Gasteiger partial charge in [0.2, 0.25) is 10.0 Å². The number of anilines is 1. The summed E-state index contributed by atoms with van der Waals surface area (Å²) in [6.07, 6.45) is 1.99. The van der Waals surface area contributed by atoms with E-state index in [2.05, 4.69) is 4.72 Å². The average molecular weight is 374 g/mol. The maximum Gasteiger partial charge on any atom is 0.335 e. The van der Waals surface area contributed by atoms with Crippen LogP contribution in [0.15, 0.2) is 53.4 Å². The maximum absolute atomic E-state index is 13.0. The SMILES string of the molecule is C[C@H](NS(=O)(=O)c1cc(C(=O)O)ccc1N1CCCC1)c1ccccc1. The molecule has 138 valence electrons. The molecule has 0 unspecified atom stereocenters. The summed E-state index contributed by atoms with van der Waals surface area (Å²) >= 11 is 0. The Morgan fingerprint density at radius 3 is 2.38 bits per heavy atom. The first kappa shape index (κ1) is 18.4. The summed E-state index contributed by atoms with van der Waals surface area (Å²) in [7, 11) is -3.89. The first-order valence-electron chi connectivity index (χ1n) is 8.58. The minimum Gasteiger partial charge on any atom is -0.478 e. The molecule has 0 radical (unpaired) electrons. The third kappa shape index (κ3) is 3.89. The van der Waals surface area contributed by atoms with Crippen LogP contribution in [-0.4, -0.2) is 32.6 Å². The molecule has 1 heterocycles. The van der Waals surface area contributed by atoms with Gasteiger partial charge in [-0.25, -0.2) is 17.9 Å². The van der Waals surface area contributed by atoms with E-state index >= 15 is 0 Å². The van der Waals surface area contributed by atoms with Crippen LogP contribution < -0.4 is 9.62 Å². The highest BCUT2D eigenvalue weighted by Gasteiger charge is 2.26. The van der Waals surface area contributed by atoms with Crippen LogP contribution in [0.4, 0.5) is 5.69 Å². The predicted octanol–water partition coefficient (Wildman–Crippen LogP) is 3.02. The Morgan fingerprint density at radius 1 is 1.12 bits per heavy atom. The third-order valence-corrected chi connectivity index (χ3v) is 6.14. The third-order valence-electron chi connectivity index (χ3n) is 4.57. The van der Waals surface area contributed by atoms with Gasteiger partial charge in [0, 0.05) is 19.1 Å². The van der Waals surface area contributed by atoms with Crippen molar-refractivity contribution in [2.75, 3.05) is 18.0 Å². The Kier molecular flexibility index (Phi) is 5.29. The molecule has 2 aromatic carbocycles. The molecule has 1 saturated heterocycles. The lowest BCUT2D eigenvalue weighted by Crippen LogP contribution is -2.29. The van der Waals surface area contributed by atoms with Gasteiger partial charge in [0.05, 0.1) is 11.3 Å². The lowest BCUT2D eigenvalue weighted by atomic mass is 10.1. The van der Waals surface area contributed by atoms with Gasteiger partial charge in [0.15, 0.2) is 0 Å². The van der Waals surface area contributed by atoms with E-state index in [4.69, 9.17) is 0 Å². The number of hydrogen-bond acceptors (Lipinski definition) is 4. The first-order valence-corrected chi connectivity index (χ1v) is 10.1. The second-order valence-corrected chi connectivity index (χ2v) is 8.12. The van der Waals surface area contributed by atoms with Gasteiger partial charge < -0.3 is 10.0 Å². The molecule has 1 aliphatic rings. The van der Waals surface area contributed by atoms with Gasteiger partial charge in [-0.1, -0.05) is 30.3 Å². The molecule has 0 spiro atoms. The summed E-state index contributed by atoms with van der Waals surface area (Å²) in [6, 6.07) is 13.1. The van der Waals surface area contributed by atoms with E-state index in [0.717, 1.165) is 31.5 Å². The van der Waals surface area contributed by atoms with Crippen molar-refractivity contribution in [1.82, 2.24) is 4.72 Å². The highest BCUT2D eigenvalue weighted by Crippen LogP contribution is 2.30. The summed E-state index contributed by atoms with van der Waals surface area (Å²) < 4.78 is 28.7. The smallest absolute Gasteiger partial charge is 0.335 e. The molecule has 0 amide bonds. The maximum atomic E-state index is 13.0. The monoisotopic (exact) mass is 374 g/mol. The number of rotatable bonds is 6. The number of hydrogen-bond donors (Lipinski definition) is 2. The molecule has 2 N–H and O–H groups in total. The van der Waals surface area contributed by atoms with Crippen LogP contribution in [0.5, 0.6) is 0 Å². The fourth-order valence-electron chi connectivity index (χ4n) is 3.19. The number of aromatic carboxylic acids is 1. The van der Waals surface area contributed by atoms with E-state index in [0.29, 0.717) is 5.69 Å². The molecule has 0 bridgehead atoms. The van der Waals surface area contributed by atoms with E-state index in [-0.39, 0.29) is 10.5 Å². The van der Waals surface area contributed by atoms with Crippen LogP contribution in [0.3, 0.4) is 0 Å². The second kappa shape index (κ2) is 7.47. The Hall–Kier alpha value is -2.38. The van der Waals surface area contributed by atoms with Crippen molar-refractivity contribution in [3.8, 4) is 0 Å². The Labute approximate surface area is 153 Å². The number of carboxylic acids is 1. The molecule has 3 rings (SSSR count). The van der Waals surface area contributed by atoms with Crippen LogP contribution in [0, 0.1) is 0 Å². The predicted molar refractivity (Wildman–Crippen MR) is 100 cm³/mol. The minimum absolute atomic E-state index is 0.0158. The first-order chi connectivity index (χ1) is 12.4. The molecular weight excluding hydrogens is 352 g/mol. The highest BCUT2D eigenvalue weighted by atomic mass is 32.2. The van der Waals surface area contributed by atoms with Gasteiger partial charge in [0.25, 0.3) is 0 Å². The zero-order valence-electron chi connectivity index (χ0n) is 14.6. The van der Waals surface area contributed by atoms with E-state index in [1.54, 1.807) is 13.0 Å². The van der Waals surface area contributed by atoms with Crippen molar-refractivity contribution in [1.29, 1.82) is 0 Å². The number of nitrogens with zero attached hydrogens (tertiary/aromatic N) is 1. The zero-order chi connectivity index (χ0) is 18.7. The normalized spacial score (nSPS) is 15.8. The second-order valence-electron chi connectivity index (χ2n) is 6.44. The molecular formula is C19H22N2O4S. The number of carboxylic acid groups (broad SMARTS) is 1. The lowest BCUT2D eigenvalue weighted by molar-refractivity contribution is 0.0696. The quantitative estimate of drug-likeness (QED) is 0.812. The molecule has 26 heavy (non-hydrogen) atoms. The summed E-state index contributed by atoms with van der Waals surface area (Å²) in [5, 5.41) is 9.26. The zero-order valence-corrected chi connectivity index (χ0v) is 15.4. The van der Waals surface area contributed by atoms with Crippen LogP contribution in [0.1, 0.15) is 41.7 Å². The molecule has 0 aliphatic carbocycles. The molecule has 7 heteroatoms. The Balaban J connectivity index is 1.99. The fourth-order valence-corrected chi connectivity index (χ4v) is 4.67. The topological polar surface area (TPSA) is 86.7 Å². The van der Waals surface area contributed by atoms with E-state index in [1.807, 2.05) is 35.2 Å². The van der Waals surface area contributed by atoms with Crippen molar-refractivity contribution in [2.24, 2.45) is 0 Å². The largest absolute Gasteiger partial charge is 0.478 e. The molecule has 1 atom stereocenters. The van der Waals surface area contributed by atoms with Gasteiger partial charge in [0.1, 0.15) is 4.90 Å². The van der Waals surface area contributed by atoms with Crippen molar-refractivity contribution < 1.29 is 18.3 Å². The lowest BCUT2D eigenvalue weighted by Gasteiger charge is -2.23. The van der Waals surface area contributed by atoms with Gasteiger partial charge in [-0.05, 0) is 43.5 Å². The minimum atomic E-state index is -3.89. The summed E-state index contributed by atoms with van der Waals surface area (Å²) in [5.41, 5.74) is 1.36. The Morgan fingerprint density at radius 2 is 1.77 bits per heavy atom. The summed E-state index contributed by atoms with van der Waals surface area (Å²) in [4.78, 5) is 13.3. The number of benzene rings is 2. The standard InChI is InChI=1S/C19H22N2O4S/c1-14(15-7-3-2-4-8-15)20-26(24,25)18-13-16(19(22)23)9-10-17(18)21-11-5-6-12-21/h2-4,7-10,13-14,20H,5-6,11-12H2,1H3,(H,22,23)/t14-/m0/s1. The molecule has 1 fully saturated rings. The van der Waals surface area contributed by atoms with Crippen LogP contribution in [0.2, 0.25) is 0 Å². The van der Waals surface area contributed by atoms with Gasteiger partial charge in [-0.2, -0.15) is 0 Å². The number of carbonyl (C=O) groups is 1. The molecule has 0 aromatic heterocycles. The fraction of sp³-hybridized carbons (Fsp3) is 0.316. The Bertz CT molecular complexity index is 891. The molecule has 0 saturated carbocycles. The molecule has 1 aliphatic heterocycles. The average Bonchev–Trinajstić information content (AvgIpc) is 3.16. The highest BCUT2D eigenvalue weighted by molar-refractivity contribution is 7.89. The van der Waals surface area contributed by atoms with Crippen LogP contribution in [-0.2, 0) is 10.0 Å². The van der Waals surface area contributed by atoms with Gasteiger partial charge in [-0.15, -0.1) is 0 Å².